The Balaban J connectivity index is 1.71. The lowest BCUT2D eigenvalue weighted by Crippen LogP contribution is -2.70. The number of amides is 1. The number of nitrogens with one attached hydrogen (secondary N) is 1. The number of carbonyl (C=O) groups excluding carboxylic acids is 1. The lowest BCUT2D eigenvalue weighted by Gasteiger charge is -2.54. The van der Waals surface area contributed by atoms with Crippen LogP contribution < -0.4 is 5.32 Å². The summed E-state index contributed by atoms with van der Waals surface area (Å²) in [5.74, 6) is -0.850. The van der Waals surface area contributed by atoms with E-state index in [4.69, 9.17) is 11.6 Å². The molecule has 0 saturated carbocycles. The molecule has 1 fully saturated rings. The van der Waals surface area contributed by atoms with Gasteiger partial charge in [0.1, 0.15) is 42.9 Å². The second-order valence-corrected chi connectivity index (χ2v) is 12.0. The summed E-state index contributed by atoms with van der Waals surface area (Å²) in [5, 5.41) is 1.71. The highest BCUT2D eigenvalue weighted by atomic mass is 35.5. The second-order valence-electron chi connectivity index (χ2n) is 11.6. The molecule has 1 unspecified atom stereocenters. The summed E-state index contributed by atoms with van der Waals surface area (Å²) < 4.78 is 30.0. The Hall–Kier alpha value is -1.60. The van der Waals surface area contributed by atoms with Crippen molar-refractivity contribution in [1.82, 2.24) is 15.2 Å². The number of piperidine rings is 1. The van der Waals surface area contributed by atoms with E-state index in [0.29, 0.717) is 12.1 Å². The summed E-state index contributed by atoms with van der Waals surface area (Å²) in [7, 11) is 13.9. The van der Waals surface area contributed by atoms with Crippen LogP contribution in [0.4, 0.5) is 8.78 Å². The number of pyridine rings is 1. The third-order valence-corrected chi connectivity index (χ3v) is 7.40. The number of nitrogens with zero attached hydrogens (tertiary/aromatic N) is 2. The first-order valence-electron chi connectivity index (χ1n) is 11.7. The Morgan fingerprint density at radius 1 is 1.18 bits per heavy atom. The molecule has 1 aliphatic heterocycles. The van der Waals surface area contributed by atoms with E-state index in [9.17, 15) is 9.18 Å². The fraction of sp³-hybridized carbons (Fsp3) is 0.400. The zero-order valence-electron chi connectivity index (χ0n) is 21.2. The summed E-state index contributed by atoms with van der Waals surface area (Å²) in [4.78, 5) is 19.4. The number of alkyl halides is 1. The number of carbonyl (C=O) groups is 1. The van der Waals surface area contributed by atoms with Gasteiger partial charge < -0.3 is 10.2 Å². The lowest BCUT2D eigenvalue weighted by atomic mass is 9.40. The highest BCUT2D eigenvalue weighted by Crippen LogP contribution is 2.40. The van der Waals surface area contributed by atoms with E-state index >= 15 is 4.39 Å². The summed E-state index contributed by atoms with van der Waals surface area (Å²) in [6.45, 7) is 0.696. The third-order valence-electron chi connectivity index (χ3n) is 7.11. The summed E-state index contributed by atoms with van der Waals surface area (Å²) >= 11 is 5.87. The average Bonchev–Trinajstić information content (AvgIpc) is 2.73. The minimum absolute atomic E-state index is 0.0253. The van der Waals surface area contributed by atoms with Crippen LogP contribution in [0.5, 0.6) is 0 Å². The Morgan fingerprint density at radius 2 is 1.85 bits per heavy atom. The van der Waals surface area contributed by atoms with Crippen molar-refractivity contribution in [3.8, 4) is 0 Å². The molecule has 1 atom stereocenters. The Morgan fingerprint density at radius 3 is 2.38 bits per heavy atom. The monoisotopic (exact) mass is 477 g/mol. The zero-order chi connectivity index (χ0) is 25.5. The van der Waals surface area contributed by atoms with Crippen LogP contribution in [0.25, 0.3) is 0 Å². The molecule has 172 valence electrons. The molecule has 1 aromatic heterocycles. The molecule has 1 saturated heterocycles. The molecule has 34 heavy (non-hydrogen) atoms. The van der Waals surface area contributed by atoms with Gasteiger partial charge in [0.15, 0.2) is 0 Å². The van der Waals surface area contributed by atoms with Crippen LogP contribution in [0.15, 0.2) is 36.5 Å². The van der Waals surface area contributed by atoms with Crippen molar-refractivity contribution in [3.05, 3.63) is 64.2 Å². The van der Waals surface area contributed by atoms with Gasteiger partial charge in [-0.2, -0.15) is 0 Å². The maximum atomic E-state index is 16.4. The van der Waals surface area contributed by atoms with E-state index in [1.165, 1.54) is 18.2 Å². The fourth-order valence-corrected chi connectivity index (χ4v) is 4.78. The predicted octanol–water partition coefficient (Wildman–Crippen LogP) is -3.54. The maximum Gasteiger partial charge on any atom is 0.253 e. The Labute approximate surface area is 212 Å². The van der Waals surface area contributed by atoms with Crippen LogP contribution in [-0.4, -0.2) is 93.6 Å². The van der Waals surface area contributed by atoms with Gasteiger partial charge in [0, 0.05) is 24.8 Å². The van der Waals surface area contributed by atoms with Crippen molar-refractivity contribution in [2.75, 3.05) is 6.54 Å². The van der Waals surface area contributed by atoms with E-state index in [0.717, 1.165) is 11.3 Å². The molecule has 1 aromatic carbocycles. The van der Waals surface area contributed by atoms with Crippen LogP contribution >= 0.6 is 11.6 Å². The molecule has 0 spiro atoms. The molecule has 0 radical (unpaired) electrons. The number of rotatable bonds is 6. The molecule has 0 aliphatic carbocycles. The molecular formula is C20H29B7ClF2N3O. The van der Waals surface area contributed by atoms with E-state index in [1.807, 2.05) is 43.6 Å². The molecule has 3 rings (SSSR count). The highest BCUT2D eigenvalue weighted by molar-refractivity contribution is 6.58. The van der Waals surface area contributed by atoms with E-state index < -0.39 is 22.2 Å². The van der Waals surface area contributed by atoms with Gasteiger partial charge in [-0.05, 0) is 53.3 Å². The summed E-state index contributed by atoms with van der Waals surface area (Å²) in [5.41, 5.74) is 0.760. The van der Waals surface area contributed by atoms with Crippen LogP contribution in [0.2, 0.25) is 5.02 Å². The van der Waals surface area contributed by atoms with E-state index in [1.54, 1.807) is 4.90 Å². The van der Waals surface area contributed by atoms with Crippen molar-refractivity contribution in [2.45, 2.75) is 40.8 Å². The maximum absolute atomic E-state index is 16.4. The van der Waals surface area contributed by atoms with Crippen LogP contribution in [0, 0.1) is 5.82 Å². The van der Waals surface area contributed by atoms with Gasteiger partial charge in [-0.25, -0.2) is 8.78 Å². The second kappa shape index (κ2) is 9.46. The largest absolute Gasteiger partial charge is 0.349 e. The van der Waals surface area contributed by atoms with Crippen LogP contribution in [-0.2, 0) is 11.7 Å². The minimum Gasteiger partial charge on any atom is -0.349 e. The van der Waals surface area contributed by atoms with Gasteiger partial charge in [0.2, 0.25) is 0 Å². The highest BCUT2D eigenvalue weighted by Gasteiger charge is 2.53. The SMILES string of the molecule is BC(B)(B)c1ccc(CNC(B)(B)C2(F)CCN(C(=O)c3ccc(F)c(Cl)c3)C(B)(B)C2)nc1. The number of benzene rings is 1. The van der Waals surface area contributed by atoms with Gasteiger partial charge in [-0.1, -0.05) is 22.8 Å². The standard InChI is InChI=1S/C20H29B7ClF2N3O/c21-18(22)10-17(30,5-6-33(18)16(34)11-1-4-15(29)14(28)7-11)20(26,27)32-9-13-3-2-12(8-31-13)19(23,24)25/h1-4,7-8,32H,5-6,9-10,21-27H2. The average molecular weight is 477 g/mol. The van der Waals surface area contributed by atoms with Crippen molar-refractivity contribution >= 4 is 72.4 Å². The molecule has 1 N–H and O–H groups in total. The van der Waals surface area contributed by atoms with Crippen molar-refractivity contribution in [1.29, 1.82) is 0 Å². The van der Waals surface area contributed by atoms with Gasteiger partial charge in [0.25, 0.3) is 5.91 Å². The number of likely N-dealkylation sites (tertiary alicyclic amines) is 1. The topological polar surface area (TPSA) is 45.2 Å². The normalized spacial score (nSPS) is 20.7. The van der Waals surface area contributed by atoms with Crippen molar-refractivity contribution < 1.29 is 13.6 Å². The first-order valence-corrected chi connectivity index (χ1v) is 12.1. The molecule has 2 heterocycles. The number of hydrogen-bond donors (Lipinski definition) is 1. The first kappa shape index (κ1) is 27.0. The number of aromatic nitrogens is 1. The fourth-order valence-electron chi connectivity index (χ4n) is 4.60. The summed E-state index contributed by atoms with van der Waals surface area (Å²) in [6, 6.07) is 7.97. The quantitative estimate of drug-likeness (QED) is 0.440. The zero-order valence-corrected chi connectivity index (χ0v) is 22.0. The predicted molar refractivity (Wildman–Crippen MR) is 154 cm³/mol. The molecule has 4 nitrogen and oxygen atoms in total. The molecule has 1 aliphatic rings. The molecule has 0 bridgehead atoms. The minimum atomic E-state index is -1.54. The van der Waals surface area contributed by atoms with Gasteiger partial charge in [0.05, 0.1) is 34.3 Å². The summed E-state index contributed by atoms with van der Waals surface area (Å²) in [6.07, 6.45) is 2.23. The van der Waals surface area contributed by atoms with E-state index in [-0.39, 0.29) is 35.4 Å². The Kier molecular flexibility index (Phi) is 7.51. The molecule has 14 heteroatoms. The van der Waals surface area contributed by atoms with Crippen molar-refractivity contribution in [2.24, 2.45) is 0 Å². The van der Waals surface area contributed by atoms with Gasteiger partial charge in [-0.15, -0.1) is 0 Å². The van der Waals surface area contributed by atoms with E-state index in [2.05, 4.69) is 39.9 Å². The van der Waals surface area contributed by atoms with Crippen molar-refractivity contribution in [3.63, 3.8) is 0 Å². The molecular weight excluding hydrogens is 447 g/mol. The lowest BCUT2D eigenvalue weighted by molar-refractivity contribution is 0.0104. The smallest absolute Gasteiger partial charge is 0.253 e. The van der Waals surface area contributed by atoms with Gasteiger partial charge in [-0.3, -0.25) is 9.78 Å². The number of halogens is 3. The van der Waals surface area contributed by atoms with Crippen LogP contribution in [0.1, 0.15) is 34.5 Å². The van der Waals surface area contributed by atoms with Crippen LogP contribution in [0.3, 0.4) is 0 Å². The Bertz CT molecular complexity index is 1070. The number of hydrogen-bond acceptors (Lipinski definition) is 3. The van der Waals surface area contributed by atoms with Gasteiger partial charge >= 0.3 is 0 Å². The molecule has 1 amide bonds. The first-order chi connectivity index (χ1) is 15.6. The molecule has 2 aromatic rings. The third kappa shape index (κ3) is 5.62.